The average molecular weight is 257 g/mol. The van der Waals surface area contributed by atoms with E-state index in [9.17, 15) is 4.79 Å². The Morgan fingerprint density at radius 2 is 2.11 bits per heavy atom. The van der Waals surface area contributed by atoms with Gasteiger partial charge in [0.2, 0.25) is 0 Å². The predicted molar refractivity (Wildman–Crippen MR) is 76.1 cm³/mol. The second-order valence-electron chi connectivity index (χ2n) is 5.62. The average Bonchev–Trinajstić information content (AvgIpc) is 3.15. The molecule has 3 rings (SSSR count). The number of para-hydroxylation sites is 2. The van der Waals surface area contributed by atoms with Crippen LogP contribution >= 0.6 is 0 Å². The molecule has 4 heteroatoms. The van der Waals surface area contributed by atoms with Crippen LogP contribution in [0, 0.1) is 12.3 Å². The largest absolute Gasteiger partial charge is 0.330 e. The molecular weight excluding hydrogens is 238 g/mol. The lowest BCUT2D eigenvalue weighted by molar-refractivity contribution is 0.397. The molecule has 1 aromatic heterocycles. The van der Waals surface area contributed by atoms with Gasteiger partial charge in [-0.3, -0.25) is 4.79 Å². The first kappa shape index (κ1) is 12.4. The molecule has 0 radical (unpaired) electrons. The highest BCUT2D eigenvalue weighted by molar-refractivity contribution is 5.74. The van der Waals surface area contributed by atoms with Crippen LogP contribution in [0.4, 0.5) is 0 Å². The van der Waals surface area contributed by atoms with E-state index in [1.54, 1.807) is 6.92 Å². The van der Waals surface area contributed by atoms with Crippen LogP contribution in [0.15, 0.2) is 29.1 Å². The third-order valence-electron chi connectivity index (χ3n) is 4.14. The lowest BCUT2D eigenvalue weighted by atomic mass is 10.0. The van der Waals surface area contributed by atoms with Crippen molar-refractivity contribution in [2.24, 2.45) is 11.1 Å². The summed E-state index contributed by atoms with van der Waals surface area (Å²) in [7, 11) is 0. The fraction of sp³-hybridized carbons (Fsp3) is 0.467. The summed E-state index contributed by atoms with van der Waals surface area (Å²) in [5, 5.41) is 0. The van der Waals surface area contributed by atoms with E-state index in [1.807, 2.05) is 28.8 Å². The molecule has 2 N–H and O–H groups in total. The number of fused-ring (bicyclic) bond motifs is 1. The van der Waals surface area contributed by atoms with Crippen LogP contribution in [0.3, 0.4) is 0 Å². The number of benzene rings is 1. The van der Waals surface area contributed by atoms with E-state index in [1.165, 1.54) is 12.8 Å². The molecule has 0 saturated heterocycles. The molecule has 1 heterocycles. The van der Waals surface area contributed by atoms with Crippen LogP contribution in [0.25, 0.3) is 11.0 Å². The molecule has 1 aromatic carbocycles. The summed E-state index contributed by atoms with van der Waals surface area (Å²) in [6, 6.07) is 7.84. The zero-order chi connectivity index (χ0) is 13.5. The van der Waals surface area contributed by atoms with Crippen LogP contribution in [-0.4, -0.2) is 16.1 Å². The number of aryl methyl sites for hydroxylation is 1. The maximum absolute atomic E-state index is 12.4. The Bertz CT molecular complexity index is 671. The maximum Gasteiger partial charge on any atom is 0.272 e. The summed E-state index contributed by atoms with van der Waals surface area (Å²) in [5.41, 5.74) is 8.36. The minimum absolute atomic E-state index is 0.0296. The smallest absolute Gasteiger partial charge is 0.272 e. The van der Waals surface area contributed by atoms with Crippen LogP contribution in [-0.2, 0) is 6.54 Å². The molecular formula is C15H19N3O. The highest BCUT2D eigenvalue weighted by Gasteiger charge is 2.42. The van der Waals surface area contributed by atoms with Crippen LogP contribution in [0.2, 0.25) is 0 Å². The molecule has 0 atom stereocenters. The normalized spacial score (nSPS) is 16.7. The molecule has 0 unspecified atom stereocenters. The zero-order valence-electron chi connectivity index (χ0n) is 11.2. The third kappa shape index (κ3) is 2.16. The number of aromatic nitrogens is 2. The van der Waals surface area contributed by atoms with Crippen molar-refractivity contribution >= 4 is 11.0 Å². The summed E-state index contributed by atoms with van der Waals surface area (Å²) in [6.45, 7) is 3.25. The molecule has 0 spiro atoms. The molecule has 1 fully saturated rings. The van der Waals surface area contributed by atoms with Gasteiger partial charge in [0.15, 0.2) is 0 Å². The van der Waals surface area contributed by atoms with Crippen molar-refractivity contribution in [1.29, 1.82) is 0 Å². The minimum Gasteiger partial charge on any atom is -0.330 e. The van der Waals surface area contributed by atoms with Crippen molar-refractivity contribution in [2.75, 3.05) is 6.54 Å². The molecule has 0 aliphatic heterocycles. The Morgan fingerprint density at radius 3 is 2.79 bits per heavy atom. The Balaban J connectivity index is 2.11. The Morgan fingerprint density at radius 1 is 1.37 bits per heavy atom. The van der Waals surface area contributed by atoms with Crippen LogP contribution in [0.5, 0.6) is 0 Å². The van der Waals surface area contributed by atoms with Gasteiger partial charge in [-0.15, -0.1) is 0 Å². The molecule has 1 aliphatic carbocycles. The van der Waals surface area contributed by atoms with Crippen molar-refractivity contribution in [3.8, 4) is 0 Å². The van der Waals surface area contributed by atoms with E-state index in [2.05, 4.69) is 4.98 Å². The van der Waals surface area contributed by atoms with Gasteiger partial charge in [0.1, 0.15) is 5.69 Å². The van der Waals surface area contributed by atoms with Gasteiger partial charge in [0.25, 0.3) is 5.56 Å². The van der Waals surface area contributed by atoms with E-state index in [0.29, 0.717) is 12.2 Å². The third-order valence-corrected chi connectivity index (χ3v) is 4.14. The first-order valence-corrected chi connectivity index (χ1v) is 6.81. The number of nitrogens with two attached hydrogens (primary N) is 1. The highest BCUT2D eigenvalue weighted by Crippen LogP contribution is 2.49. The fourth-order valence-corrected chi connectivity index (χ4v) is 2.78. The maximum atomic E-state index is 12.4. The van der Waals surface area contributed by atoms with Gasteiger partial charge in [-0.2, -0.15) is 0 Å². The van der Waals surface area contributed by atoms with Crippen molar-refractivity contribution in [2.45, 2.75) is 32.7 Å². The van der Waals surface area contributed by atoms with E-state index in [-0.39, 0.29) is 11.0 Å². The SMILES string of the molecule is Cc1nc2ccccc2n(CC2(CCN)CC2)c1=O. The molecule has 1 aliphatic rings. The van der Waals surface area contributed by atoms with Crippen LogP contribution < -0.4 is 11.3 Å². The molecule has 2 aromatic rings. The van der Waals surface area contributed by atoms with Gasteiger partial charge in [0, 0.05) is 6.54 Å². The summed E-state index contributed by atoms with van der Waals surface area (Å²) in [5.74, 6) is 0. The molecule has 0 bridgehead atoms. The summed E-state index contributed by atoms with van der Waals surface area (Å²) in [6.07, 6.45) is 3.34. The van der Waals surface area contributed by atoms with Crippen molar-refractivity contribution in [3.05, 3.63) is 40.3 Å². The molecule has 19 heavy (non-hydrogen) atoms. The second-order valence-corrected chi connectivity index (χ2v) is 5.62. The Kier molecular flexibility index (Phi) is 2.90. The van der Waals surface area contributed by atoms with Gasteiger partial charge in [0.05, 0.1) is 11.0 Å². The molecule has 1 saturated carbocycles. The number of hydrogen-bond acceptors (Lipinski definition) is 3. The number of rotatable bonds is 4. The van der Waals surface area contributed by atoms with Gasteiger partial charge in [-0.25, -0.2) is 4.98 Å². The predicted octanol–water partition coefficient (Wildman–Crippen LogP) is 1.83. The summed E-state index contributed by atoms with van der Waals surface area (Å²) < 4.78 is 1.89. The zero-order valence-corrected chi connectivity index (χ0v) is 11.2. The Labute approximate surface area is 112 Å². The van der Waals surface area contributed by atoms with Gasteiger partial charge < -0.3 is 10.3 Å². The quantitative estimate of drug-likeness (QED) is 0.909. The van der Waals surface area contributed by atoms with E-state index in [0.717, 1.165) is 24.0 Å². The minimum atomic E-state index is 0.0296. The van der Waals surface area contributed by atoms with E-state index < -0.39 is 0 Å². The molecule has 0 amide bonds. The summed E-state index contributed by atoms with van der Waals surface area (Å²) >= 11 is 0. The fourth-order valence-electron chi connectivity index (χ4n) is 2.78. The lowest BCUT2D eigenvalue weighted by Crippen LogP contribution is -2.28. The Hall–Kier alpha value is -1.68. The first-order valence-electron chi connectivity index (χ1n) is 6.81. The highest BCUT2D eigenvalue weighted by atomic mass is 16.1. The summed E-state index contributed by atoms with van der Waals surface area (Å²) in [4.78, 5) is 16.7. The van der Waals surface area contributed by atoms with E-state index >= 15 is 0 Å². The number of hydrogen-bond donors (Lipinski definition) is 1. The monoisotopic (exact) mass is 257 g/mol. The second kappa shape index (κ2) is 4.46. The van der Waals surface area contributed by atoms with Gasteiger partial charge >= 0.3 is 0 Å². The van der Waals surface area contributed by atoms with Crippen molar-refractivity contribution in [3.63, 3.8) is 0 Å². The van der Waals surface area contributed by atoms with Crippen molar-refractivity contribution in [1.82, 2.24) is 9.55 Å². The van der Waals surface area contributed by atoms with Gasteiger partial charge in [-0.05, 0) is 50.3 Å². The molecule has 4 nitrogen and oxygen atoms in total. The van der Waals surface area contributed by atoms with Crippen molar-refractivity contribution < 1.29 is 0 Å². The topological polar surface area (TPSA) is 60.9 Å². The van der Waals surface area contributed by atoms with Gasteiger partial charge in [-0.1, -0.05) is 12.1 Å². The molecule has 100 valence electrons. The van der Waals surface area contributed by atoms with Crippen LogP contribution in [0.1, 0.15) is 25.0 Å². The standard InChI is InChI=1S/C15H19N3O/c1-11-14(19)18(10-15(6-7-15)8-9-16)13-5-3-2-4-12(13)17-11/h2-5H,6-10,16H2,1H3. The first-order chi connectivity index (χ1) is 9.15. The lowest BCUT2D eigenvalue weighted by Gasteiger charge is -2.18. The number of nitrogens with zero attached hydrogens (tertiary/aromatic N) is 2. The van der Waals surface area contributed by atoms with E-state index in [4.69, 9.17) is 5.73 Å².